The molecule has 0 spiro atoms. The lowest BCUT2D eigenvalue weighted by Gasteiger charge is -2.03. The summed E-state index contributed by atoms with van der Waals surface area (Å²) in [4.78, 5) is 21.6. The second kappa shape index (κ2) is 3.91. The van der Waals surface area contributed by atoms with Gasteiger partial charge in [0.25, 0.3) is 0 Å². The molecule has 4 nitrogen and oxygen atoms in total. The van der Waals surface area contributed by atoms with Crippen LogP contribution in [0.2, 0.25) is 0 Å². The third kappa shape index (κ3) is 2.32. The zero-order chi connectivity index (χ0) is 10.7. The zero-order valence-corrected chi connectivity index (χ0v) is 7.65. The van der Waals surface area contributed by atoms with Gasteiger partial charge in [0, 0.05) is 6.42 Å². The van der Waals surface area contributed by atoms with Gasteiger partial charge in [-0.05, 0) is 24.6 Å². The van der Waals surface area contributed by atoms with Gasteiger partial charge >= 0.3 is 5.97 Å². The molecule has 0 aliphatic rings. The summed E-state index contributed by atoms with van der Waals surface area (Å²) in [6.07, 6.45) is 0.0713. The van der Waals surface area contributed by atoms with E-state index in [9.17, 15) is 9.59 Å². The molecule has 74 valence electrons. The van der Waals surface area contributed by atoms with Crippen LogP contribution in [0.5, 0.6) is 5.75 Å². The van der Waals surface area contributed by atoms with Crippen LogP contribution in [-0.4, -0.2) is 22.0 Å². The zero-order valence-electron chi connectivity index (χ0n) is 7.65. The van der Waals surface area contributed by atoms with Crippen molar-refractivity contribution in [2.45, 2.75) is 13.3 Å². The molecule has 1 rings (SSSR count). The van der Waals surface area contributed by atoms with Gasteiger partial charge in [0.15, 0.2) is 0 Å². The number of aromatic hydroxyl groups is 1. The molecule has 14 heavy (non-hydrogen) atoms. The van der Waals surface area contributed by atoms with Crippen molar-refractivity contribution in [3.8, 4) is 5.75 Å². The Hall–Kier alpha value is -1.84. The van der Waals surface area contributed by atoms with Crippen LogP contribution >= 0.6 is 0 Å². The minimum Gasteiger partial charge on any atom is -0.508 e. The van der Waals surface area contributed by atoms with E-state index < -0.39 is 5.97 Å². The van der Waals surface area contributed by atoms with Crippen LogP contribution in [0, 0.1) is 0 Å². The summed E-state index contributed by atoms with van der Waals surface area (Å²) >= 11 is 0. The number of hydrogen-bond donors (Lipinski definition) is 2. The largest absolute Gasteiger partial charge is 0.508 e. The van der Waals surface area contributed by atoms with Gasteiger partial charge in [-0.1, -0.05) is 6.07 Å². The Balaban J connectivity index is 3.14. The molecule has 0 aliphatic heterocycles. The molecule has 0 atom stereocenters. The van der Waals surface area contributed by atoms with Crippen molar-refractivity contribution in [1.82, 2.24) is 0 Å². The standard InChI is InChI=1S/C10H10O4/c1-6(11)4-7-2-3-8(12)5-9(7)10(13)14/h2-3,5,12H,4H2,1H3,(H,13,14). The Bertz CT molecular complexity index is 382. The Morgan fingerprint density at radius 2 is 2.00 bits per heavy atom. The number of rotatable bonds is 3. The number of phenolic OH excluding ortho intramolecular Hbond substituents is 1. The lowest BCUT2D eigenvalue weighted by atomic mass is 10.0. The molecule has 0 radical (unpaired) electrons. The Labute approximate surface area is 80.8 Å². The minimum absolute atomic E-state index is 0.0276. The lowest BCUT2D eigenvalue weighted by Crippen LogP contribution is -2.05. The van der Waals surface area contributed by atoms with Crippen LogP contribution in [0.1, 0.15) is 22.8 Å². The number of carboxylic acids is 1. The van der Waals surface area contributed by atoms with Crippen LogP contribution in [0.3, 0.4) is 0 Å². The highest BCUT2D eigenvalue weighted by Gasteiger charge is 2.11. The highest BCUT2D eigenvalue weighted by atomic mass is 16.4. The molecule has 0 fully saturated rings. The maximum atomic E-state index is 10.8. The summed E-state index contributed by atoms with van der Waals surface area (Å²) in [5.41, 5.74) is 0.392. The van der Waals surface area contributed by atoms with Gasteiger partial charge in [0.1, 0.15) is 11.5 Å². The second-order valence-electron chi connectivity index (χ2n) is 3.03. The van der Waals surface area contributed by atoms with E-state index in [1.807, 2.05) is 0 Å². The fourth-order valence-corrected chi connectivity index (χ4v) is 1.19. The highest BCUT2D eigenvalue weighted by molar-refractivity contribution is 5.92. The molecule has 0 saturated heterocycles. The van der Waals surface area contributed by atoms with Crippen molar-refractivity contribution in [2.24, 2.45) is 0 Å². The van der Waals surface area contributed by atoms with E-state index in [1.54, 1.807) is 0 Å². The summed E-state index contributed by atoms with van der Waals surface area (Å²) < 4.78 is 0. The van der Waals surface area contributed by atoms with E-state index in [2.05, 4.69) is 0 Å². The van der Waals surface area contributed by atoms with Crippen LogP contribution in [0.25, 0.3) is 0 Å². The van der Waals surface area contributed by atoms with Gasteiger partial charge < -0.3 is 10.2 Å². The SMILES string of the molecule is CC(=O)Cc1ccc(O)cc1C(=O)O. The summed E-state index contributed by atoms with van der Waals surface area (Å²) in [6.45, 7) is 1.39. The Morgan fingerprint density at radius 3 is 2.50 bits per heavy atom. The van der Waals surface area contributed by atoms with Crippen LogP contribution < -0.4 is 0 Å². The topological polar surface area (TPSA) is 74.6 Å². The van der Waals surface area contributed by atoms with E-state index in [1.165, 1.54) is 19.1 Å². The molecule has 0 amide bonds. The van der Waals surface area contributed by atoms with Crippen molar-refractivity contribution in [3.05, 3.63) is 29.3 Å². The first-order valence-electron chi connectivity index (χ1n) is 4.05. The number of benzene rings is 1. The molecule has 1 aromatic carbocycles. The first kappa shape index (κ1) is 10.2. The number of hydrogen-bond acceptors (Lipinski definition) is 3. The van der Waals surface area contributed by atoms with Gasteiger partial charge in [0.05, 0.1) is 5.56 Å². The highest BCUT2D eigenvalue weighted by Crippen LogP contribution is 2.17. The molecule has 0 aliphatic carbocycles. The number of carbonyl (C=O) groups is 2. The molecular formula is C10H10O4. The minimum atomic E-state index is -1.14. The van der Waals surface area contributed by atoms with Crippen molar-refractivity contribution < 1.29 is 19.8 Å². The van der Waals surface area contributed by atoms with Gasteiger partial charge in [-0.25, -0.2) is 4.79 Å². The number of carbonyl (C=O) groups excluding carboxylic acids is 1. The van der Waals surface area contributed by atoms with E-state index in [4.69, 9.17) is 10.2 Å². The fraction of sp³-hybridized carbons (Fsp3) is 0.200. The van der Waals surface area contributed by atoms with E-state index >= 15 is 0 Å². The van der Waals surface area contributed by atoms with Gasteiger partial charge in [-0.2, -0.15) is 0 Å². The second-order valence-corrected chi connectivity index (χ2v) is 3.03. The maximum absolute atomic E-state index is 10.8. The van der Waals surface area contributed by atoms with Crippen molar-refractivity contribution in [3.63, 3.8) is 0 Å². The first-order valence-corrected chi connectivity index (χ1v) is 4.05. The summed E-state index contributed by atoms with van der Waals surface area (Å²) in [6, 6.07) is 3.95. The number of phenols is 1. The molecular weight excluding hydrogens is 184 g/mol. The smallest absolute Gasteiger partial charge is 0.336 e. The summed E-state index contributed by atoms with van der Waals surface area (Å²) in [5.74, 6) is -1.37. The average Bonchev–Trinajstić information content (AvgIpc) is 2.07. The van der Waals surface area contributed by atoms with E-state index in [-0.39, 0.29) is 23.5 Å². The predicted molar refractivity (Wildman–Crippen MR) is 49.5 cm³/mol. The molecule has 0 bridgehead atoms. The van der Waals surface area contributed by atoms with Crippen LogP contribution in [-0.2, 0) is 11.2 Å². The van der Waals surface area contributed by atoms with Crippen LogP contribution in [0.15, 0.2) is 18.2 Å². The Kier molecular flexibility index (Phi) is 2.86. The average molecular weight is 194 g/mol. The summed E-state index contributed by atoms with van der Waals surface area (Å²) in [7, 11) is 0. The third-order valence-corrected chi connectivity index (χ3v) is 1.76. The molecule has 2 N–H and O–H groups in total. The number of carboxylic acid groups (broad SMARTS) is 1. The molecule has 0 aromatic heterocycles. The maximum Gasteiger partial charge on any atom is 0.336 e. The van der Waals surface area contributed by atoms with Crippen LogP contribution in [0.4, 0.5) is 0 Å². The Morgan fingerprint density at radius 1 is 1.36 bits per heavy atom. The molecule has 0 heterocycles. The molecule has 4 heteroatoms. The number of ketones is 1. The van der Waals surface area contributed by atoms with Gasteiger partial charge in [-0.3, -0.25) is 4.79 Å². The molecule has 0 saturated carbocycles. The first-order chi connectivity index (χ1) is 6.50. The number of Topliss-reactive ketones (excluding diaryl/α,β-unsaturated/α-hetero) is 1. The van der Waals surface area contributed by atoms with Gasteiger partial charge in [0.2, 0.25) is 0 Å². The fourth-order valence-electron chi connectivity index (χ4n) is 1.19. The predicted octanol–water partition coefficient (Wildman–Crippen LogP) is 1.22. The molecule has 1 aromatic rings. The third-order valence-electron chi connectivity index (χ3n) is 1.76. The van der Waals surface area contributed by atoms with Gasteiger partial charge in [-0.15, -0.1) is 0 Å². The lowest BCUT2D eigenvalue weighted by molar-refractivity contribution is -0.116. The molecule has 0 unspecified atom stereocenters. The van der Waals surface area contributed by atoms with E-state index in [0.29, 0.717) is 5.56 Å². The van der Waals surface area contributed by atoms with E-state index in [0.717, 1.165) is 6.07 Å². The number of aromatic carboxylic acids is 1. The van der Waals surface area contributed by atoms with Crippen molar-refractivity contribution >= 4 is 11.8 Å². The quantitative estimate of drug-likeness (QED) is 0.758. The normalized spacial score (nSPS) is 9.79. The van der Waals surface area contributed by atoms with Crippen molar-refractivity contribution in [1.29, 1.82) is 0 Å². The van der Waals surface area contributed by atoms with Crippen molar-refractivity contribution in [2.75, 3.05) is 0 Å². The summed E-state index contributed by atoms with van der Waals surface area (Å²) in [5, 5.41) is 17.9. The monoisotopic (exact) mass is 194 g/mol.